The average Bonchev–Trinajstić information content (AvgIpc) is 2.97. The van der Waals surface area contributed by atoms with Gasteiger partial charge in [-0.25, -0.2) is 4.98 Å². The fraction of sp³-hybridized carbons (Fsp3) is 0.263. The predicted octanol–water partition coefficient (Wildman–Crippen LogP) is 3.77. The van der Waals surface area contributed by atoms with E-state index in [4.69, 9.17) is 9.47 Å². The Kier molecular flexibility index (Phi) is 4.51. The standard InChI is InChI=1S/C19H20N2O3/c1-13(14(2)22)21-18-7-5-4-6-17(18)20-19(21)12-24-16-10-8-15(23-3)9-11-16/h4-11,13H,12H2,1-3H3. The summed E-state index contributed by atoms with van der Waals surface area (Å²) in [6.45, 7) is 3.76. The molecule has 0 fully saturated rings. The Morgan fingerprint density at radius 3 is 2.46 bits per heavy atom. The van der Waals surface area contributed by atoms with Crippen LogP contribution in [0.25, 0.3) is 11.0 Å². The van der Waals surface area contributed by atoms with Gasteiger partial charge in [-0.3, -0.25) is 4.79 Å². The van der Waals surface area contributed by atoms with E-state index in [9.17, 15) is 4.79 Å². The molecule has 1 aromatic heterocycles. The van der Waals surface area contributed by atoms with Crippen LogP contribution < -0.4 is 9.47 Å². The highest BCUT2D eigenvalue weighted by Crippen LogP contribution is 2.24. The van der Waals surface area contributed by atoms with E-state index in [1.54, 1.807) is 14.0 Å². The van der Waals surface area contributed by atoms with Gasteiger partial charge < -0.3 is 14.0 Å². The van der Waals surface area contributed by atoms with E-state index in [0.717, 1.165) is 28.4 Å². The molecule has 0 N–H and O–H groups in total. The van der Waals surface area contributed by atoms with Crippen molar-refractivity contribution in [3.8, 4) is 11.5 Å². The summed E-state index contributed by atoms with van der Waals surface area (Å²) in [4.78, 5) is 16.5. The molecular formula is C19H20N2O3. The van der Waals surface area contributed by atoms with Gasteiger partial charge in [0, 0.05) is 0 Å². The summed E-state index contributed by atoms with van der Waals surface area (Å²) in [7, 11) is 1.63. The highest BCUT2D eigenvalue weighted by Gasteiger charge is 2.19. The minimum Gasteiger partial charge on any atom is -0.497 e. The summed E-state index contributed by atoms with van der Waals surface area (Å²) < 4.78 is 12.9. The van der Waals surface area contributed by atoms with Crippen molar-refractivity contribution < 1.29 is 14.3 Å². The van der Waals surface area contributed by atoms with Crippen molar-refractivity contribution in [3.05, 3.63) is 54.4 Å². The quantitative estimate of drug-likeness (QED) is 0.692. The first-order chi connectivity index (χ1) is 11.6. The molecule has 0 saturated carbocycles. The molecule has 1 atom stereocenters. The Morgan fingerprint density at radius 1 is 1.12 bits per heavy atom. The number of Topliss-reactive ketones (excluding diaryl/α,β-unsaturated/α-hetero) is 1. The summed E-state index contributed by atoms with van der Waals surface area (Å²) >= 11 is 0. The fourth-order valence-corrected chi connectivity index (χ4v) is 2.63. The van der Waals surface area contributed by atoms with Crippen LogP contribution in [0.15, 0.2) is 48.5 Å². The molecule has 5 nitrogen and oxygen atoms in total. The van der Waals surface area contributed by atoms with Crippen molar-refractivity contribution in [2.75, 3.05) is 7.11 Å². The molecule has 3 rings (SSSR count). The number of imidazole rings is 1. The largest absolute Gasteiger partial charge is 0.497 e. The number of nitrogens with zero attached hydrogens (tertiary/aromatic N) is 2. The number of rotatable bonds is 6. The first-order valence-corrected chi connectivity index (χ1v) is 7.83. The fourth-order valence-electron chi connectivity index (χ4n) is 2.63. The zero-order valence-electron chi connectivity index (χ0n) is 14.0. The topological polar surface area (TPSA) is 53.4 Å². The van der Waals surface area contributed by atoms with Gasteiger partial charge >= 0.3 is 0 Å². The number of fused-ring (bicyclic) bond motifs is 1. The number of hydrogen-bond donors (Lipinski definition) is 0. The molecule has 2 aromatic carbocycles. The number of hydrogen-bond acceptors (Lipinski definition) is 4. The van der Waals surface area contributed by atoms with Gasteiger partial charge in [0.25, 0.3) is 0 Å². The molecule has 0 aliphatic heterocycles. The van der Waals surface area contributed by atoms with E-state index in [1.165, 1.54) is 0 Å². The minimum atomic E-state index is -0.285. The molecule has 0 aliphatic rings. The number of benzene rings is 2. The van der Waals surface area contributed by atoms with Crippen LogP contribution in [0.3, 0.4) is 0 Å². The van der Waals surface area contributed by atoms with Crippen molar-refractivity contribution in [2.45, 2.75) is 26.5 Å². The van der Waals surface area contributed by atoms with Gasteiger partial charge in [-0.15, -0.1) is 0 Å². The maximum atomic E-state index is 11.9. The highest BCUT2D eigenvalue weighted by molar-refractivity contribution is 5.83. The monoisotopic (exact) mass is 324 g/mol. The first kappa shape index (κ1) is 16.1. The lowest BCUT2D eigenvalue weighted by molar-refractivity contribution is -0.119. The number of aromatic nitrogens is 2. The van der Waals surface area contributed by atoms with Crippen LogP contribution in [0.5, 0.6) is 11.5 Å². The van der Waals surface area contributed by atoms with Crippen molar-refractivity contribution in [1.29, 1.82) is 0 Å². The molecule has 0 spiro atoms. The molecule has 0 aliphatic carbocycles. The maximum absolute atomic E-state index is 11.9. The third kappa shape index (κ3) is 3.11. The van der Waals surface area contributed by atoms with Crippen LogP contribution in [0.4, 0.5) is 0 Å². The molecule has 5 heteroatoms. The van der Waals surface area contributed by atoms with E-state index in [2.05, 4.69) is 4.98 Å². The highest BCUT2D eigenvalue weighted by atomic mass is 16.5. The van der Waals surface area contributed by atoms with Crippen LogP contribution in [0.2, 0.25) is 0 Å². The molecule has 1 heterocycles. The molecule has 1 unspecified atom stereocenters. The SMILES string of the molecule is COc1ccc(OCc2nc3ccccc3n2C(C)C(C)=O)cc1. The normalized spacial score (nSPS) is 12.1. The van der Waals surface area contributed by atoms with E-state index in [1.807, 2.05) is 60.0 Å². The lowest BCUT2D eigenvalue weighted by Gasteiger charge is -2.15. The molecule has 0 amide bonds. The molecule has 124 valence electrons. The maximum Gasteiger partial charge on any atom is 0.152 e. The molecule has 24 heavy (non-hydrogen) atoms. The number of ketones is 1. The Labute approximate surface area is 140 Å². The smallest absolute Gasteiger partial charge is 0.152 e. The van der Waals surface area contributed by atoms with Crippen molar-refractivity contribution in [2.24, 2.45) is 0 Å². The zero-order valence-corrected chi connectivity index (χ0v) is 14.0. The number of para-hydroxylation sites is 2. The second-order valence-corrected chi connectivity index (χ2v) is 5.64. The molecule has 3 aromatic rings. The van der Waals surface area contributed by atoms with Gasteiger partial charge in [-0.1, -0.05) is 12.1 Å². The van der Waals surface area contributed by atoms with Crippen LogP contribution in [-0.4, -0.2) is 22.4 Å². The first-order valence-electron chi connectivity index (χ1n) is 7.83. The summed E-state index contributed by atoms with van der Waals surface area (Å²) in [5.41, 5.74) is 1.80. The summed E-state index contributed by atoms with van der Waals surface area (Å²) in [5, 5.41) is 0. The van der Waals surface area contributed by atoms with Crippen LogP contribution >= 0.6 is 0 Å². The second kappa shape index (κ2) is 6.74. The number of ether oxygens (including phenoxy) is 2. The Hall–Kier alpha value is -2.82. The summed E-state index contributed by atoms with van der Waals surface area (Å²) in [6.07, 6.45) is 0. The second-order valence-electron chi connectivity index (χ2n) is 5.64. The van der Waals surface area contributed by atoms with Crippen molar-refractivity contribution in [3.63, 3.8) is 0 Å². The zero-order chi connectivity index (χ0) is 17.1. The van der Waals surface area contributed by atoms with Gasteiger partial charge in [-0.2, -0.15) is 0 Å². The van der Waals surface area contributed by atoms with E-state index >= 15 is 0 Å². The summed E-state index contributed by atoms with van der Waals surface area (Å²) in [5.74, 6) is 2.32. The van der Waals surface area contributed by atoms with Gasteiger partial charge in [0.2, 0.25) is 0 Å². The molecule has 0 saturated heterocycles. The number of carbonyl (C=O) groups excluding carboxylic acids is 1. The van der Waals surface area contributed by atoms with E-state index in [0.29, 0.717) is 6.61 Å². The number of methoxy groups -OCH3 is 1. The molecule has 0 bridgehead atoms. The van der Waals surface area contributed by atoms with Crippen molar-refractivity contribution in [1.82, 2.24) is 9.55 Å². The van der Waals surface area contributed by atoms with E-state index in [-0.39, 0.29) is 11.8 Å². The van der Waals surface area contributed by atoms with Gasteiger partial charge in [0.05, 0.1) is 24.2 Å². The Morgan fingerprint density at radius 2 is 1.79 bits per heavy atom. The third-order valence-corrected chi connectivity index (χ3v) is 4.07. The lowest BCUT2D eigenvalue weighted by atomic mass is 10.2. The van der Waals surface area contributed by atoms with Gasteiger partial charge in [0.1, 0.15) is 23.9 Å². The van der Waals surface area contributed by atoms with Gasteiger partial charge in [-0.05, 0) is 50.2 Å². The van der Waals surface area contributed by atoms with Crippen LogP contribution in [0, 0.1) is 0 Å². The number of carbonyl (C=O) groups is 1. The molecule has 0 radical (unpaired) electrons. The van der Waals surface area contributed by atoms with Gasteiger partial charge in [0.15, 0.2) is 5.78 Å². The minimum absolute atomic E-state index is 0.0869. The predicted molar refractivity (Wildman–Crippen MR) is 92.5 cm³/mol. The third-order valence-electron chi connectivity index (χ3n) is 4.07. The Balaban J connectivity index is 1.90. The molecular weight excluding hydrogens is 304 g/mol. The van der Waals surface area contributed by atoms with Crippen LogP contribution in [-0.2, 0) is 11.4 Å². The van der Waals surface area contributed by atoms with E-state index < -0.39 is 0 Å². The van der Waals surface area contributed by atoms with Crippen molar-refractivity contribution >= 4 is 16.8 Å². The van der Waals surface area contributed by atoms with Crippen LogP contribution in [0.1, 0.15) is 25.7 Å². The lowest BCUT2D eigenvalue weighted by Crippen LogP contribution is -2.17. The summed E-state index contributed by atoms with van der Waals surface area (Å²) in [6, 6.07) is 14.9. The average molecular weight is 324 g/mol. The Bertz CT molecular complexity index is 853.